The average molecular weight is 971 g/mol. The molecule has 0 amide bonds. The summed E-state index contributed by atoms with van der Waals surface area (Å²) in [5, 5.41) is 30.8. The number of unbranched alkanes of at least 4 members (excludes halogenated alkanes) is 26. The molecule has 12 nitrogen and oxygen atoms in total. The smallest absolute Gasteiger partial charge is 0.397 e. The third kappa shape index (κ3) is 38.5. The van der Waals surface area contributed by atoms with E-state index in [1.54, 1.807) is 0 Å². The molecule has 0 saturated carbocycles. The van der Waals surface area contributed by atoms with Gasteiger partial charge in [0.05, 0.1) is 19.8 Å². The van der Waals surface area contributed by atoms with Crippen LogP contribution in [0.1, 0.15) is 226 Å². The molecule has 13 heteroatoms. The Morgan fingerprint density at radius 2 is 1.03 bits per heavy atom. The molecule has 0 aromatic heterocycles. The van der Waals surface area contributed by atoms with Crippen LogP contribution in [0, 0.1) is 0 Å². The van der Waals surface area contributed by atoms with Crippen molar-refractivity contribution < 1.29 is 56.2 Å². The number of aliphatic hydroxyl groups excluding tert-OH is 3. The Bertz CT molecular complexity index is 1350. The van der Waals surface area contributed by atoms with Gasteiger partial charge in [0, 0.05) is 13.0 Å². The summed E-state index contributed by atoms with van der Waals surface area (Å²) in [5.74, 6) is -0.419. The summed E-state index contributed by atoms with van der Waals surface area (Å²) >= 11 is 0. The van der Waals surface area contributed by atoms with Gasteiger partial charge in [0.1, 0.15) is 30.5 Å². The molecule has 1 fully saturated rings. The van der Waals surface area contributed by atoms with Crippen molar-refractivity contribution in [3.8, 4) is 0 Å². The van der Waals surface area contributed by atoms with Gasteiger partial charge in [-0.3, -0.25) is 9.35 Å². The third-order valence-electron chi connectivity index (χ3n) is 12.2. The minimum absolute atomic E-state index is 0.0275. The molecule has 0 bridgehead atoms. The largest absolute Gasteiger partial charge is 0.457 e. The summed E-state index contributed by atoms with van der Waals surface area (Å²) in [6.07, 6.45) is 47.2. The molecule has 1 saturated heterocycles. The van der Waals surface area contributed by atoms with Gasteiger partial charge in [-0.25, -0.2) is 4.18 Å². The van der Waals surface area contributed by atoms with Crippen LogP contribution in [0.4, 0.5) is 0 Å². The third-order valence-corrected chi connectivity index (χ3v) is 12.7. The van der Waals surface area contributed by atoms with Crippen LogP contribution in [0.5, 0.6) is 0 Å². The highest BCUT2D eigenvalue weighted by atomic mass is 32.3. The maximum Gasteiger partial charge on any atom is 0.397 e. The quantitative estimate of drug-likeness (QED) is 0.0197. The van der Waals surface area contributed by atoms with Crippen LogP contribution in [-0.2, 0) is 38.3 Å². The van der Waals surface area contributed by atoms with Crippen LogP contribution in [0.2, 0.25) is 0 Å². The maximum absolute atomic E-state index is 12.9. The fourth-order valence-electron chi connectivity index (χ4n) is 8.20. The summed E-state index contributed by atoms with van der Waals surface area (Å²) in [6.45, 7) is 3.88. The molecule has 0 aromatic rings. The van der Waals surface area contributed by atoms with Gasteiger partial charge < -0.3 is 34.3 Å². The van der Waals surface area contributed by atoms with Crippen molar-refractivity contribution in [2.24, 2.45) is 0 Å². The summed E-state index contributed by atoms with van der Waals surface area (Å²) in [4.78, 5) is 12.9. The van der Waals surface area contributed by atoms with Gasteiger partial charge in [-0.15, -0.1) is 0 Å². The van der Waals surface area contributed by atoms with Crippen molar-refractivity contribution in [2.75, 3.05) is 26.4 Å². The van der Waals surface area contributed by atoms with Gasteiger partial charge in [0.2, 0.25) is 0 Å². The first-order valence-corrected chi connectivity index (χ1v) is 28.3. The number of hydrogen-bond acceptors (Lipinski definition) is 11. The number of aliphatic hydroxyl groups is 3. The normalized spacial score (nSPS) is 19.8. The number of rotatable bonds is 47. The molecule has 392 valence electrons. The molecule has 0 radical (unpaired) electrons. The zero-order valence-electron chi connectivity index (χ0n) is 42.2. The SMILES string of the molecule is CC/C=C\C/C=C\C/C=C\C/C=C\CCCCCCC(=O)OC(COCCCCCCCCCCCCCCCCCCCCCCCCC)COC1OC(CO)C(O)C(OS(=O)(=O)O)C1O. The van der Waals surface area contributed by atoms with E-state index >= 15 is 0 Å². The van der Waals surface area contributed by atoms with Crippen LogP contribution in [0.25, 0.3) is 0 Å². The Morgan fingerprint density at radius 3 is 1.51 bits per heavy atom. The molecule has 6 unspecified atom stereocenters. The molecular formula is C54H98O12S. The van der Waals surface area contributed by atoms with Crippen molar-refractivity contribution in [3.63, 3.8) is 0 Å². The van der Waals surface area contributed by atoms with Gasteiger partial charge in [-0.2, -0.15) is 8.42 Å². The van der Waals surface area contributed by atoms with Gasteiger partial charge in [-0.05, 0) is 51.4 Å². The lowest BCUT2D eigenvalue weighted by atomic mass is 9.99. The number of hydrogen-bond donors (Lipinski definition) is 4. The molecule has 1 aliphatic rings. The Labute approximate surface area is 408 Å². The minimum atomic E-state index is -5.07. The Balaban J connectivity index is 2.33. The predicted molar refractivity (Wildman–Crippen MR) is 271 cm³/mol. The van der Waals surface area contributed by atoms with E-state index in [9.17, 15) is 33.1 Å². The predicted octanol–water partition coefficient (Wildman–Crippen LogP) is 12.7. The molecule has 0 aromatic carbocycles. The molecule has 6 atom stereocenters. The Hall–Kier alpha value is -1.94. The van der Waals surface area contributed by atoms with Crippen LogP contribution >= 0.6 is 0 Å². The van der Waals surface area contributed by atoms with Crippen LogP contribution in [0.15, 0.2) is 48.6 Å². The van der Waals surface area contributed by atoms with Crippen molar-refractivity contribution in [1.29, 1.82) is 0 Å². The minimum Gasteiger partial charge on any atom is -0.457 e. The van der Waals surface area contributed by atoms with Crippen molar-refractivity contribution >= 4 is 16.4 Å². The van der Waals surface area contributed by atoms with Crippen molar-refractivity contribution in [3.05, 3.63) is 48.6 Å². The van der Waals surface area contributed by atoms with Crippen molar-refractivity contribution in [2.45, 2.75) is 263 Å². The van der Waals surface area contributed by atoms with Crippen LogP contribution in [0.3, 0.4) is 0 Å². The molecule has 67 heavy (non-hydrogen) atoms. The van der Waals surface area contributed by atoms with Crippen LogP contribution < -0.4 is 0 Å². The summed E-state index contributed by atoms with van der Waals surface area (Å²) in [7, 11) is -5.07. The first kappa shape index (κ1) is 63.1. The lowest BCUT2D eigenvalue weighted by Crippen LogP contribution is -2.60. The number of esters is 1. The van der Waals surface area contributed by atoms with Crippen molar-refractivity contribution in [1.82, 2.24) is 0 Å². The number of carbonyl (C=O) groups excluding carboxylic acids is 1. The van der Waals surface area contributed by atoms with E-state index in [0.717, 1.165) is 70.6 Å². The number of allylic oxidation sites excluding steroid dienone is 8. The highest BCUT2D eigenvalue weighted by Crippen LogP contribution is 2.26. The van der Waals surface area contributed by atoms with E-state index in [-0.39, 0.29) is 19.6 Å². The Kier molecular flexibility index (Phi) is 42.6. The molecule has 1 rings (SSSR count). The molecule has 4 N–H and O–H groups in total. The van der Waals surface area contributed by atoms with Gasteiger partial charge in [0.25, 0.3) is 0 Å². The topological polar surface area (TPSA) is 178 Å². The second kappa shape index (κ2) is 45.2. The molecule has 0 spiro atoms. The molecule has 0 aliphatic carbocycles. The zero-order valence-corrected chi connectivity index (χ0v) is 43.0. The maximum atomic E-state index is 12.9. The second-order valence-electron chi connectivity index (χ2n) is 18.4. The number of ether oxygens (including phenoxy) is 4. The summed E-state index contributed by atoms with van der Waals surface area (Å²) in [6, 6.07) is 0. The average Bonchev–Trinajstić information content (AvgIpc) is 3.30. The van der Waals surface area contributed by atoms with E-state index in [1.165, 1.54) is 128 Å². The Morgan fingerprint density at radius 1 is 0.582 bits per heavy atom. The van der Waals surface area contributed by atoms with E-state index < -0.39 is 59.8 Å². The van der Waals surface area contributed by atoms with Gasteiger partial charge in [-0.1, -0.05) is 217 Å². The monoisotopic (exact) mass is 971 g/mol. The molecule has 1 heterocycles. The standard InChI is InChI=1S/C54H98O12S/c1-3-5-7-9-11-13-15-17-19-21-22-23-24-25-26-28-30-32-34-36-38-40-42-44-62-46-48(47-63-54-52(58)53(66-67(59,60)61)51(57)49(45-55)65-54)64-50(56)43-41-39-37-35-33-31-29-27-20-18-16-14-12-10-8-6-4-2/h6,8,12,14,18,20,29,31,48-49,51-55,57-58H,3-5,7,9-11,13,15-17,19,21-28,30,32-47H2,1-2H3,(H,59,60,61)/b8-6-,14-12-,20-18-,31-29-. The lowest BCUT2D eigenvalue weighted by Gasteiger charge is -2.41. The lowest BCUT2D eigenvalue weighted by molar-refractivity contribution is -0.301. The molecular weight excluding hydrogens is 873 g/mol. The highest BCUT2D eigenvalue weighted by Gasteiger charge is 2.48. The van der Waals surface area contributed by atoms with Gasteiger partial charge in [0.15, 0.2) is 6.29 Å². The number of carbonyl (C=O) groups is 1. The zero-order chi connectivity index (χ0) is 48.9. The first-order chi connectivity index (χ1) is 32.6. The first-order valence-electron chi connectivity index (χ1n) is 26.9. The summed E-state index contributed by atoms with van der Waals surface area (Å²) < 4.78 is 59.3. The van der Waals surface area contributed by atoms with E-state index in [0.29, 0.717) is 13.0 Å². The second-order valence-corrected chi connectivity index (χ2v) is 19.5. The fraction of sp³-hybridized carbons (Fsp3) is 0.833. The summed E-state index contributed by atoms with van der Waals surface area (Å²) in [5.41, 5.74) is 0. The van der Waals surface area contributed by atoms with E-state index in [2.05, 4.69) is 66.6 Å². The van der Waals surface area contributed by atoms with E-state index in [4.69, 9.17) is 18.9 Å². The highest BCUT2D eigenvalue weighted by molar-refractivity contribution is 7.80. The van der Waals surface area contributed by atoms with Gasteiger partial charge >= 0.3 is 16.4 Å². The molecule has 1 aliphatic heterocycles. The van der Waals surface area contributed by atoms with Crippen LogP contribution in [-0.4, -0.2) is 97.5 Å². The fourth-order valence-corrected chi connectivity index (χ4v) is 8.70. The van der Waals surface area contributed by atoms with E-state index in [1.807, 2.05) is 0 Å².